The van der Waals surface area contributed by atoms with Crippen LogP contribution < -0.4 is 0 Å². The van der Waals surface area contributed by atoms with Gasteiger partial charge in [0.1, 0.15) is 0 Å². The second kappa shape index (κ2) is 3.39. The largest absolute Gasteiger partial charge is 0.444 e. The molecule has 0 amide bonds. The molecule has 0 unspecified atom stereocenters. The van der Waals surface area contributed by atoms with E-state index in [4.69, 9.17) is 10.5 Å². The van der Waals surface area contributed by atoms with E-state index in [-0.39, 0.29) is 0 Å². The smallest absolute Gasteiger partial charge is 0.255 e. The Balaban J connectivity index is 4.27. The summed E-state index contributed by atoms with van der Waals surface area (Å²) in [5, 5.41) is 0. The minimum Gasteiger partial charge on any atom is -0.444 e. The van der Waals surface area contributed by atoms with Crippen molar-refractivity contribution in [3.63, 3.8) is 0 Å². The normalized spacial score (nSPS) is 12.3. The summed E-state index contributed by atoms with van der Waals surface area (Å²) in [6.45, 7) is 12.0. The maximum atomic E-state index is 5.85. The summed E-state index contributed by atoms with van der Waals surface area (Å²) in [6, 6.07) is 0. The molecule has 0 aliphatic carbocycles. The lowest BCUT2D eigenvalue weighted by molar-refractivity contribution is 0.574. The van der Waals surface area contributed by atoms with Crippen molar-refractivity contribution in [3.8, 4) is 12.0 Å². The van der Waals surface area contributed by atoms with Crippen LogP contribution in [0.4, 0.5) is 0 Å². The van der Waals surface area contributed by atoms with E-state index in [0.29, 0.717) is 0 Å². The van der Waals surface area contributed by atoms with Crippen LogP contribution in [-0.2, 0) is 4.12 Å². The minimum atomic E-state index is -1.82. The summed E-state index contributed by atoms with van der Waals surface area (Å²) in [7, 11) is -3.47. The molecule has 62 valence electrons. The lowest BCUT2D eigenvalue weighted by Gasteiger charge is -2.27. The molecule has 0 bridgehead atoms. The molecule has 0 atom stereocenters. The monoisotopic (exact) mass is 184 g/mol. The molecule has 0 aliphatic heterocycles. The summed E-state index contributed by atoms with van der Waals surface area (Å²) in [6.07, 6.45) is 5.34. The van der Waals surface area contributed by atoms with Crippen molar-refractivity contribution in [1.29, 1.82) is 0 Å². The zero-order valence-corrected chi connectivity index (χ0v) is 9.77. The van der Waals surface area contributed by atoms with Crippen LogP contribution in [0.1, 0.15) is 0 Å². The molecule has 1 nitrogen and oxygen atoms in total. The Bertz CT molecular complexity index is 189. The molecule has 0 aromatic heterocycles. The van der Waals surface area contributed by atoms with Crippen LogP contribution in [0.3, 0.4) is 0 Å². The Labute approximate surface area is 71.7 Å². The quantitative estimate of drug-likeness (QED) is 0.483. The summed E-state index contributed by atoms with van der Waals surface area (Å²) in [5.41, 5.74) is 4.65. The molecule has 0 N–H and O–H groups in total. The highest BCUT2D eigenvalue weighted by Crippen LogP contribution is 2.13. The van der Waals surface area contributed by atoms with Gasteiger partial charge in [-0.15, -0.1) is 18.5 Å². The molecule has 0 saturated carbocycles. The summed E-state index contributed by atoms with van der Waals surface area (Å²) < 4.78 is 5.85. The molecule has 0 heterocycles. The van der Waals surface area contributed by atoms with E-state index < -0.39 is 16.6 Å². The minimum absolute atomic E-state index is 1.65. The van der Waals surface area contributed by atoms with Crippen LogP contribution >= 0.6 is 0 Å². The lowest BCUT2D eigenvalue weighted by Crippen LogP contribution is -2.42. The van der Waals surface area contributed by atoms with Crippen molar-refractivity contribution in [1.82, 2.24) is 0 Å². The second-order valence-electron chi connectivity index (χ2n) is 3.56. The highest BCUT2D eigenvalue weighted by Gasteiger charge is 2.28. The molecule has 0 fully saturated rings. The van der Waals surface area contributed by atoms with E-state index in [2.05, 4.69) is 25.2 Å². The second-order valence-corrected chi connectivity index (χ2v) is 11.3. The Kier molecular flexibility index (Phi) is 3.30. The molecular weight excluding hydrogens is 168 g/mol. The van der Waals surface area contributed by atoms with E-state index in [9.17, 15) is 0 Å². The van der Waals surface area contributed by atoms with Crippen molar-refractivity contribution in [2.75, 3.05) is 0 Å². The van der Waals surface area contributed by atoms with E-state index in [1.54, 1.807) is 0 Å². The topological polar surface area (TPSA) is 9.23 Å². The van der Waals surface area contributed by atoms with Crippen LogP contribution in [-0.4, -0.2) is 16.6 Å². The first-order chi connectivity index (χ1) is 4.83. The zero-order valence-electron chi connectivity index (χ0n) is 7.77. The molecule has 11 heavy (non-hydrogen) atoms. The molecule has 0 spiro atoms. The van der Waals surface area contributed by atoms with Gasteiger partial charge in [-0.3, -0.25) is 0 Å². The lowest BCUT2D eigenvalue weighted by atomic mass is 11.3. The Morgan fingerprint density at radius 1 is 1.36 bits per heavy atom. The fourth-order valence-electron chi connectivity index (χ4n) is 0.729. The van der Waals surface area contributed by atoms with Gasteiger partial charge in [0, 0.05) is 0 Å². The van der Waals surface area contributed by atoms with Crippen molar-refractivity contribution in [2.24, 2.45) is 0 Å². The van der Waals surface area contributed by atoms with Gasteiger partial charge in [-0.05, 0) is 26.2 Å². The first-order valence-corrected chi connectivity index (χ1v) is 9.54. The Morgan fingerprint density at radius 2 is 1.82 bits per heavy atom. The van der Waals surface area contributed by atoms with Crippen LogP contribution in [0.25, 0.3) is 0 Å². The first kappa shape index (κ1) is 10.7. The fraction of sp³-hybridized carbons (Fsp3) is 0.500. The Morgan fingerprint density at radius 3 is 2.09 bits per heavy atom. The third-order valence-corrected chi connectivity index (χ3v) is 7.18. The van der Waals surface area contributed by atoms with Crippen molar-refractivity contribution in [3.05, 3.63) is 12.3 Å². The van der Waals surface area contributed by atoms with E-state index >= 15 is 0 Å². The standard InChI is InChI=1S/C8H16OSi2/c1-7-10(3,4)9-11(5,6)8-2/h1,8H,2H2,3-6H3. The maximum Gasteiger partial charge on any atom is 0.255 e. The number of hydrogen-bond donors (Lipinski definition) is 0. The molecule has 0 aromatic carbocycles. The van der Waals surface area contributed by atoms with Gasteiger partial charge in [-0.2, -0.15) is 0 Å². The average Bonchev–Trinajstić information content (AvgIpc) is 1.86. The van der Waals surface area contributed by atoms with Gasteiger partial charge in [0.25, 0.3) is 8.32 Å². The summed E-state index contributed by atoms with van der Waals surface area (Å²) >= 11 is 0. The number of rotatable bonds is 3. The molecule has 0 saturated heterocycles. The van der Waals surface area contributed by atoms with Gasteiger partial charge in [-0.1, -0.05) is 5.70 Å². The predicted octanol–water partition coefficient (Wildman–Crippen LogP) is 2.31. The van der Waals surface area contributed by atoms with Crippen LogP contribution in [0.5, 0.6) is 0 Å². The third kappa shape index (κ3) is 4.20. The first-order valence-electron chi connectivity index (χ1n) is 3.64. The number of terminal acetylenes is 1. The van der Waals surface area contributed by atoms with Crippen molar-refractivity contribution >= 4 is 16.6 Å². The fourth-order valence-corrected chi connectivity index (χ4v) is 6.56. The van der Waals surface area contributed by atoms with Crippen molar-refractivity contribution in [2.45, 2.75) is 26.2 Å². The van der Waals surface area contributed by atoms with Crippen LogP contribution in [0.15, 0.2) is 12.3 Å². The van der Waals surface area contributed by atoms with E-state index in [1.165, 1.54) is 0 Å². The van der Waals surface area contributed by atoms with Gasteiger partial charge in [0.15, 0.2) is 8.32 Å². The highest BCUT2D eigenvalue weighted by atomic mass is 28.4. The summed E-state index contributed by atoms with van der Waals surface area (Å²) in [5.74, 6) is 0. The zero-order chi connectivity index (χ0) is 9.12. The van der Waals surface area contributed by atoms with E-state index in [0.717, 1.165) is 0 Å². The highest BCUT2D eigenvalue weighted by molar-refractivity contribution is 6.90. The van der Waals surface area contributed by atoms with Gasteiger partial charge in [-0.25, -0.2) is 0 Å². The molecule has 0 aromatic rings. The van der Waals surface area contributed by atoms with Crippen molar-refractivity contribution < 1.29 is 4.12 Å². The molecule has 0 rings (SSSR count). The third-order valence-electron chi connectivity index (χ3n) is 1.36. The van der Waals surface area contributed by atoms with E-state index in [1.807, 2.05) is 18.8 Å². The molecular formula is C8H16OSi2. The summed E-state index contributed by atoms with van der Waals surface area (Å²) in [4.78, 5) is 0. The van der Waals surface area contributed by atoms with Gasteiger partial charge in [0.05, 0.1) is 0 Å². The molecule has 0 radical (unpaired) electrons. The Hall–Kier alpha value is -0.306. The molecule has 0 aliphatic rings. The average molecular weight is 184 g/mol. The van der Waals surface area contributed by atoms with Crippen LogP contribution in [0.2, 0.25) is 26.2 Å². The van der Waals surface area contributed by atoms with Gasteiger partial charge >= 0.3 is 0 Å². The number of hydrogen-bond acceptors (Lipinski definition) is 1. The van der Waals surface area contributed by atoms with Gasteiger partial charge in [0.2, 0.25) is 0 Å². The SMILES string of the molecule is C#C[Si](C)(C)O[Si](C)(C)C=C. The predicted molar refractivity (Wildman–Crippen MR) is 55.1 cm³/mol. The molecule has 3 heteroatoms. The van der Waals surface area contributed by atoms with Crippen LogP contribution in [0, 0.1) is 12.0 Å². The van der Waals surface area contributed by atoms with Gasteiger partial charge < -0.3 is 4.12 Å². The maximum absolute atomic E-state index is 5.85.